The van der Waals surface area contributed by atoms with E-state index in [1.165, 1.54) is 51.4 Å². The van der Waals surface area contributed by atoms with Gasteiger partial charge in [-0.1, -0.05) is 51.4 Å². The van der Waals surface area contributed by atoms with Gasteiger partial charge in [-0.3, -0.25) is 0 Å². The first-order chi connectivity index (χ1) is 6.41. The zero-order valence-electron chi connectivity index (χ0n) is 9.48. The van der Waals surface area contributed by atoms with Gasteiger partial charge in [0.1, 0.15) is 0 Å². The van der Waals surface area contributed by atoms with Gasteiger partial charge in [0.05, 0.1) is 0 Å². The summed E-state index contributed by atoms with van der Waals surface area (Å²) in [7, 11) is 0. The lowest BCUT2D eigenvalue weighted by Gasteiger charge is -2.05. The SMILES string of the molecule is C1CCCCCCC1.CCOCC. The Labute approximate surface area is 83.9 Å². The zero-order chi connectivity index (χ0) is 9.78. The predicted molar refractivity (Wildman–Crippen MR) is 59.1 cm³/mol. The van der Waals surface area contributed by atoms with Crippen molar-refractivity contribution in [3.63, 3.8) is 0 Å². The van der Waals surface area contributed by atoms with Gasteiger partial charge in [0.25, 0.3) is 0 Å². The fraction of sp³-hybridized carbons (Fsp3) is 1.00. The Balaban J connectivity index is 0.000000252. The van der Waals surface area contributed by atoms with Crippen LogP contribution in [-0.2, 0) is 4.74 Å². The first-order valence-electron chi connectivity index (χ1n) is 5.99. The molecule has 80 valence electrons. The lowest BCUT2D eigenvalue weighted by Crippen LogP contribution is -1.85. The summed E-state index contributed by atoms with van der Waals surface area (Å²) in [5.74, 6) is 0. The minimum absolute atomic E-state index is 0.844. The van der Waals surface area contributed by atoms with E-state index in [9.17, 15) is 0 Å². The van der Waals surface area contributed by atoms with Crippen molar-refractivity contribution in [3.8, 4) is 0 Å². The van der Waals surface area contributed by atoms with Crippen LogP contribution in [0.15, 0.2) is 0 Å². The first-order valence-corrected chi connectivity index (χ1v) is 5.99. The number of hydrogen-bond donors (Lipinski definition) is 0. The second kappa shape index (κ2) is 12.0. The molecule has 0 bridgehead atoms. The van der Waals surface area contributed by atoms with E-state index in [0.717, 1.165) is 13.2 Å². The second-order valence-corrected chi connectivity index (χ2v) is 3.61. The van der Waals surface area contributed by atoms with Gasteiger partial charge in [0.2, 0.25) is 0 Å². The van der Waals surface area contributed by atoms with E-state index >= 15 is 0 Å². The van der Waals surface area contributed by atoms with Crippen molar-refractivity contribution in [2.24, 2.45) is 0 Å². The van der Waals surface area contributed by atoms with Gasteiger partial charge >= 0.3 is 0 Å². The third-order valence-electron chi connectivity index (χ3n) is 2.41. The molecule has 0 N–H and O–H groups in total. The molecule has 0 radical (unpaired) electrons. The highest BCUT2D eigenvalue weighted by Gasteiger charge is 1.95. The van der Waals surface area contributed by atoms with Gasteiger partial charge in [0, 0.05) is 13.2 Å². The van der Waals surface area contributed by atoms with Crippen LogP contribution in [0.1, 0.15) is 65.2 Å². The van der Waals surface area contributed by atoms with Crippen molar-refractivity contribution in [2.75, 3.05) is 13.2 Å². The van der Waals surface area contributed by atoms with E-state index in [-0.39, 0.29) is 0 Å². The molecule has 1 rings (SSSR count). The summed E-state index contributed by atoms with van der Waals surface area (Å²) >= 11 is 0. The highest BCUT2D eigenvalue weighted by atomic mass is 16.5. The van der Waals surface area contributed by atoms with Gasteiger partial charge < -0.3 is 4.74 Å². The molecule has 1 fully saturated rings. The maximum Gasteiger partial charge on any atom is 0.0437 e. The number of hydrogen-bond acceptors (Lipinski definition) is 1. The number of ether oxygens (including phenoxy) is 1. The van der Waals surface area contributed by atoms with E-state index in [1.807, 2.05) is 13.8 Å². The first kappa shape index (κ1) is 13.0. The van der Waals surface area contributed by atoms with Gasteiger partial charge in [-0.05, 0) is 13.8 Å². The molecule has 0 aromatic heterocycles. The molecule has 0 heterocycles. The molecule has 0 amide bonds. The summed E-state index contributed by atoms with van der Waals surface area (Å²) in [5, 5.41) is 0. The summed E-state index contributed by atoms with van der Waals surface area (Å²) in [5.41, 5.74) is 0. The predicted octanol–water partition coefficient (Wildman–Crippen LogP) is 4.16. The quantitative estimate of drug-likeness (QED) is 0.629. The summed E-state index contributed by atoms with van der Waals surface area (Å²) in [6, 6.07) is 0. The Morgan fingerprint density at radius 3 is 0.923 bits per heavy atom. The molecule has 0 atom stereocenters. The van der Waals surface area contributed by atoms with E-state index in [4.69, 9.17) is 4.74 Å². The third-order valence-corrected chi connectivity index (χ3v) is 2.41. The topological polar surface area (TPSA) is 9.23 Å². The lowest BCUT2D eigenvalue weighted by molar-refractivity contribution is 0.162. The summed E-state index contributed by atoms with van der Waals surface area (Å²) in [6.45, 7) is 5.67. The fourth-order valence-corrected chi connectivity index (χ4v) is 1.62. The van der Waals surface area contributed by atoms with Crippen LogP contribution in [0.3, 0.4) is 0 Å². The third kappa shape index (κ3) is 12.0. The van der Waals surface area contributed by atoms with Crippen LogP contribution in [0.4, 0.5) is 0 Å². The molecule has 0 saturated heterocycles. The van der Waals surface area contributed by atoms with Crippen molar-refractivity contribution in [3.05, 3.63) is 0 Å². The molecule has 13 heavy (non-hydrogen) atoms. The Hall–Kier alpha value is -0.0400. The largest absolute Gasteiger partial charge is 0.382 e. The van der Waals surface area contributed by atoms with E-state index in [1.54, 1.807) is 0 Å². The minimum atomic E-state index is 0.844. The molecular formula is C12H26O. The highest BCUT2D eigenvalue weighted by molar-refractivity contribution is 4.51. The van der Waals surface area contributed by atoms with Crippen molar-refractivity contribution < 1.29 is 4.74 Å². The maximum absolute atomic E-state index is 4.83. The summed E-state index contributed by atoms with van der Waals surface area (Å²) in [6.07, 6.45) is 12.0. The molecule has 1 saturated carbocycles. The summed E-state index contributed by atoms with van der Waals surface area (Å²) in [4.78, 5) is 0. The number of rotatable bonds is 2. The van der Waals surface area contributed by atoms with Crippen molar-refractivity contribution in [2.45, 2.75) is 65.2 Å². The average molecular weight is 186 g/mol. The van der Waals surface area contributed by atoms with Gasteiger partial charge in [-0.25, -0.2) is 0 Å². The van der Waals surface area contributed by atoms with Crippen LogP contribution in [-0.4, -0.2) is 13.2 Å². The van der Waals surface area contributed by atoms with E-state index < -0.39 is 0 Å². The van der Waals surface area contributed by atoms with Crippen molar-refractivity contribution in [1.82, 2.24) is 0 Å². The smallest absolute Gasteiger partial charge is 0.0437 e. The van der Waals surface area contributed by atoms with Crippen LogP contribution >= 0.6 is 0 Å². The molecule has 0 aliphatic heterocycles. The van der Waals surface area contributed by atoms with Gasteiger partial charge in [0.15, 0.2) is 0 Å². The van der Waals surface area contributed by atoms with E-state index in [0.29, 0.717) is 0 Å². The highest BCUT2D eigenvalue weighted by Crippen LogP contribution is 2.15. The molecule has 1 aliphatic carbocycles. The van der Waals surface area contributed by atoms with Crippen LogP contribution < -0.4 is 0 Å². The molecule has 0 spiro atoms. The molecule has 1 aliphatic rings. The molecular weight excluding hydrogens is 160 g/mol. The molecule has 1 nitrogen and oxygen atoms in total. The van der Waals surface area contributed by atoms with Crippen LogP contribution in [0.5, 0.6) is 0 Å². The molecule has 0 unspecified atom stereocenters. The van der Waals surface area contributed by atoms with Crippen LogP contribution in [0.2, 0.25) is 0 Å². The average Bonchev–Trinajstić information content (AvgIpc) is 2.05. The monoisotopic (exact) mass is 186 g/mol. The lowest BCUT2D eigenvalue weighted by atomic mass is 10.0. The van der Waals surface area contributed by atoms with Crippen molar-refractivity contribution in [1.29, 1.82) is 0 Å². The van der Waals surface area contributed by atoms with Gasteiger partial charge in [-0.15, -0.1) is 0 Å². The minimum Gasteiger partial charge on any atom is -0.382 e. The summed E-state index contributed by atoms with van der Waals surface area (Å²) < 4.78 is 4.83. The maximum atomic E-state index is 4.83. The van der Waals surface area contributed by atoms with Gasteiger partial charge in [-0.2, -0.15) is 0 Å². The second-order valence-electron chi connectivity index (χ2n) is 3.61. The Bertz CT molecular complexity index is 55.2. The zero-order valence-corrected chi connectivity index (χ0v) is 9.48. The molecule has 1 heteroatoms. The normalized spacial score (nSPS) is 18.0. The van der Waals surface area contributed by atoms with Crippen molar-refractivity contribution >= 4 is 0 Å². The standard InChI is InChI=1S/C8H16.C4H10O/c1-2-4-6-8-7-5-3-1;1-3-5-4-2/h1-8H2;3-4H2,1-2H3. The Morgan fingerprint density at radius 1 is 0.615 bits per heavy atom. The van der Waals surface area contributed by atoms with Crippen LogP contribution in [0, 0.1) is 0 Å². The molecule has 0 aromatic rings. The fourth-order valence-electron chi connectivity index (χ4n) is 1.62. The van der Waals surface area contributed by atoms with Crippen LogP contribution in [0.25, 0.3) is 0 Å². The van der Waals surface area contributed by atoms with E-state index in [2.05, 4.69) is 0 Å². The Kier molecular flexibility index (Phi) is 11.9. The Morgan fingerprint density at radius 2 is 0.846 bits per heavy atom. The molecule has 0 aromatic carbocycles.